The summed E-state index contributed by atoms with van der Waals surface area (Å²) in [5, 5.41) is 0.746. The van der Waals surface area contributed by atoms with E-state index in [0.29, 0.717) is 24.8 Å². The fourth-order valence-electron chi connectivity index (χ4n) is 4.71. The molecule has 0 saturated heterocycles. The van der Waals surface area contributed by atoms with Gasteiger partial charge in [-0.15, -0.1) is 11.3 Å². The average molecular weight is 440 g/mol. The van der Waals surface area contributed by atoms with E-state index < -0.39 is 24.2 Å². The first-order valence-electron chi connectivity index (χ1n) is 10.4. The molecule has 2 aromatic heterocycles. The number of alkyl halides is 2. The molecule has 9 heteroatoms. The maximum absolute atomic E-state index is 14.3. The van der Waals surface area contributed by atoms with E-state index in [-0.39, 0.29) is 6.10 Å². The fraction of sp³-hybridized carbons (Fsp3) is 0.667. The van der Waals surface area contributed by atoms with Gasteiger partial charge < -0.3 is 14.4 Å². The van der Waals surface area contributed by atoms with E-state index in [2.05, 4.69) is 33.7 Å². The zero-order valence-electron chi connectivity index (χ0n) is 17.5. The number of ether oxygens (including phenoxy) is 2. The number of hydrogen-bond acceptors (Lipinski definition) is 7. The molecule has 0 bridgehead atoms. The van der Waals surface area contributed by atoms with Gasteiger partial charge in [-0.3, -0.25) is 0 Å². The Hall–Kier alpha value is -1.87. The average Bonchev–Trinajstić information content (AvgIpc) is 3.27. The van der Waals surface area contributed by atoms with E-state index in [9.17, 15) is 13.6 Å². The van der Waals surface area contributed by atoms with Crippen LogP contribution in [0.3, 0.4) is 0 Å². The second-order valence-corrected chi connectivity index (χ2v) is 9.53. The number of fused-ring (bicyclic) bond motifs is 3. The van der Waals surface area contributed by atoms with E-state index in [1.165, 1.54) is 17.7 Å². The molecule has 4 rings (SSSR count). The van der Waals surface area contributed by atoms with E-state index in [0.717, 1.165) is 53.5 Å². The first-order chi connectivity index (χ1) is 14.3. The van der Waals surface area contributed by atoms with Crippen LogP contribution in [-0.2, 0) is 16.0 Å². The lowest BCUT2D eigenvalue weighted by Crippen LogP contribution is -2.35. The van der Waals surface area contributed by atoms with Crippen molar-refractivity contribution < 1.29 is 23.0 Å². The Bertz CT molecular complexity index is 926. The van der Waals surface area contributed by atoms with E-state index >= 15 is 0 Å². The highest BCUT2D eigenvalue weighted by Gasteiger charge is 2.45. The molecule has 164 valence electrons. The molecule has 1 saturated carbocycles. The van der Waals surface area contributed by atoms with Crippen LogP contribution in [0.1, 0.15) is 54.9 Å². The molecule has 0 N–H and O–H groups in total. The van der Waals surface area contributed by atoms with Gasteiger partial charge in [0.25, 0.3) is 0 Å². The summed E-state index contributed by atoms with van der Waals surface area (Å²) in [6.45, 7) is 0. The molecule has 0 aliphatic heterocycles. The number of methoxy groups -OCH3 is 1. The van der Waals surface area contributed by atoms with Crippen molar-refractivity contribution in [2.45, 2.75) is 68.9 Å². The van der Waals surface area contributed by atoms with Crippen molar-refractivity contribution in [3.8, 4) is 5.88 Å². The van der Waals surface area contributed by atoms with Crippen LogP contribution in [0, 0.1) is 0 Å². The quantitative estimate of drug-likeness (QED) is 0.630. The minimum Gasteiger partial charge on any atom is -0.474 e. The number of thiophene rings is 1. The Morgan fingerprint density at radius 2 is 1.97 bits per heavy atom. The lowest BCUT2D eigenvalue weighted by atomic mass is 9.92. The molecular weight excluding hydrogens is 412 g/mol. The standard InChI is InChI=1S/C21H27F2N3O3S/c1-26(2)13-5-7-14(8-6-13)29-18-17-16-12(10-21(22,23)20(27)28-3)4-9-15(16)30-19(17)25-11-24-18/h11-14H,4-10H2,1-3H3/t12-,13?,14?/m1/s1. The SMILES string of the molecule is COC(=O)C(F)(F)C[C@H]1CCc2sc3ncnc(OC4CCC(N(C)C)CC4)c3c21. The van der Waals surface area contributed by atoms with Crippen molar-refractivity contribution in [2.75, 3.05) is 21.2 Å². The number of aromatic nitrogens is 2. The van der Waals surface area contributed by atoms with E-state index in [1.54, 1.807) is 0 Å². The number of carbonyl (C=O) groups excluding carboxylic acids is 1. The highest BCUT2D eigenvalue weighted by molar-refractivity contribution is 7.19. The second kappa shape index (κ2) is 8.34. The number of nitrogens with zero attached hydrogens (tertiary/aromatic N) is 3. The van der Waals surface area contributed by atoms with Crippen molar-refractivity contribution in [1.29, 1.82) is 0 Å². The predicted molar refractivity (Wildman–Crippen MR) is 110 cm³/mol. The molecule has 6 nitrogen and oxygen atoms in total. The largest absolute Gasteiger partial charge is 0.474 e. The van der Waals surface area contributed by atoms with E-state index in [1.807, 2.05) is 0 Å². The molecule has 0 radical (unpaired) electrons. The first kappa shape index (κ1) is 21.4. The van der Waals surface area contributed by atoms with Gasteiger partial charge >= 0.3 is 11.9 Å². The molecule has 1 fully saturated rings. The highest BCUT2D eigenvalue weighted by atomic mass is 32.1. The zero-order chi connectivity index (χ0) is 21.5. The summed E-state index contributed by atoms with van der Waals surface area (Å²) in [4.78, 5) is 24.3. The molecule has 2 aliphatic carbocycles. The molecule has 2 aromatic rings. The third kappa shape index (κ3) is 4.01. The van der Waals surface area contributed by atoms with Crippen LogP contribution in [0.4, 0.5) is 8.78 Å². The van der Waals surface area contributed by atoms with Gasteiger partial charge in [0.2, 0.25) is 5.88 Å². The molecule has 0 unspecified atom stereocenters. The zero-order valence-corrected chi connectivity index (χ0v) is 18.3. The van der Waals surface area contributed by atoms with Gasteiger partial charge in [0, 0.05) is 17.3 Å². The van der Waals surface area contributed by atoms with Crippen LogP contribution in [0.2, 0.25) is 0 Å². The minimum absolute atomic E-state index is 0.0613. The van der Waals surface area contributed by atoms with Crippen molar-refractivity contribution in [1.82, 2.24) is 14.9 Å². The molecule has 0 spiro atoms. The topological polar surface area (TPSA) is 64.5 Å². The van der Waals surface area contributed by atoms with E-state index in [4.69, 9.17) is 4.74 Å². The molecule has 2 heterocycles. The first-order valence-corrected chi connectivity index (χ1v) is 11.2. The lowest BCUT2D eigenvalue weighted by molar-refractivity contribution is -0.170. The molecular formula is C21H27F2N3O3S. The molecule has 0 aromatic carbocycles. The summed E-state index contributed by atoms with van der Waals surface area (Å²) in [6, 6.07) is 0.561. The van der Waals surface area contributed by atoms with Crippen LogP contribution >= 0.6 is 11.3 Å². The van der Waals surface area contributed by atoms with Crippen molar-refractivity contribution in [2.24, 2.45) is 0 Å². The Kier molecular flexibility index (Phi) is 5.94. The Labute approximate surface area is 178 Å². The smallest absolute Gasteiger partial charge is 0.376 e. The van der Waals surface area contributed by atoms with Gasteiger partial charge in [0.05, 0.1) is 12.5 Å². The lowest BCUT2D eigenvalue weighted by Gasteiger charge is -2.32. The summed E-state index contributed by atoms with van der Waals surface area (Å²) in [7, 11) is 5.18. The van der Waals surface area contributed by atoms with Gasteiger partial charge in [0.1, 0.15) is 17.3 Å². The number of esters is 1. The van der Waals surface area contributed by atoms with Gasteiger partial charge in [-0.2, -0.15) is 8.78 Å². The van der Waals surface area contributed by atoms with Gasteiger partial charge in [-0.1, -0.05) is 0 Å². The summed E-state index contributed by atoms with van der Waals surface area (Å²) < 4.78 is 39.2. The van der Waals surface area contributed by atoms with Crippen LogP contribution in [0.25, 0.3) is 10.2 Å². The number of rotatable bonds is 6. The monoisotopic (exact) mass is 439 g/mol. The fourth-order valence-corrected chi connectivity index (χ4v) is 5.94. The number of hydrogen-bond donors (Lipinski definition) is 0. The van der Waals surface area contributed by atoms with Crippen molar-refractivity contribution in [3.63, 3.8) is 0 Å². The van der Waals surface area contributed by atoms with Gasteiger partial charge in [-0.25, -0.2) is 14.8 Å². The molecule has 1 atom stereocenters. The van der Waals surface area contributed by atoms with Crippen molar-refractivity contribution >= 4 is 27.5 Å². The summed E-state index contributed by atoms with van der Waals surface area (Å²) in [5.41, 5.74) is 0.830. The van der Waals surface area contributed by atoms with Crippen LogP contribution < -0.4 is 4.74 Å². The number of halogens is 2. The Balaban J connectivity index is 1.59. The van der Waals surface area contributed by atoms with Crippen LogP contribution in [0.5, 0.6) is 5.88 Å². The third-order valence-electron chi connectivity index (χ3n) is 6.33. The molecule has 30 heavy (non-hydrogen) atoms. The molecule has 2 aliphatic rings. The third-order valence-corrected chi connectivity index (χ3v) is 7.51. The Morgan fingerprint density at radius 1 is 1.23 bits per heavy atom. The van der Waals surface area contributed by atoms with Gasteiger partial charge in [-0.05, 0) is 64.1 Å². The van der Waals surface area contributed by atoms with Crippen LogP contribution in [-0.4, -0.2) is 60.1 Å². The second-order valence-electron chi connectivity index (χ2n) is 8.45. The number of aryl methyl sites for hydroxylation is 1. The maximum atomic E-state index is 14.3. The Morgan fingerprint density at radius 3 is 2.63 bits per heavy atom. The molecule has 0 amide bonds. The summed E-state index contributed by atoms with van der Waals surface area (Å²) in [5.74, 6) is -4.96. The maximum Gasteiger partial charge on any atom is 0.376 e. The highest BCUT2D eigenvalue weighted by Crippen LogP contribution is 2.49. The van der Waals surface area contributed by atoms with Crippen molar-refractivity contribution in [3.05, 3.63) is 16.8 Å². The number of carbonyl (C=O) groups is 1. The van der Waals surface area contributed by atoms with Crippen LogP contribution in [0.15, 0.2) is 6.33 Å². The summed E-state index contributed by atoms with van der Waals surface area (Å²) in [6.07, 6.45) is 6.23. The normalized spacial score (nSPS) is 24.3. The summed E-state index contributed by atoms with van der Waals surface area (Å²) >= 11 is 1.51. The predicted octanol–water partition coefficient (Wildman–Crippen LogP) is 4.17. The minimum atomic E-state index is -3.52. The van der Waals surface area contributed by atoms with Gasteiger partial charge in [0.15, 0.2) is 0 Å².